The van der Waals surface area contributed by atoms with Gasteiger partial charge in [0.05, 0.1) is 11.4 Å². The van der Waals surface area contributed by atoms with Gasteiger partial charge in [0.2, 0.25) is 0 Å². The molecule has 1 unspecified atom stereocenters. The van der Waals surface area contributed by atoms with Crippen molar-refractivity contribution in [1.82, 2.24) is 20.2 Å². The quantitative estimate of drug-likeness (QED) is 0.769. The van der Waals surface area contributed by atoms with E-state index < -0.39 is 0 Å². The topological polar surface area (TPSA) is 43.6 Å². The molecule has 0 bridgehead atoms. The monoisotopic (exact) mass is 270 g/mol. The van der Waals surface area contributed by atoms with Gasteiger partial charge in [-0.05, 0) is 47.4 Å². The zero-order valence-corrected chi connectivity index (χ0v) is 12.7. The molecular weight excluding hydrogens is 248 g/mol. The van der Waals surface area contributed by atoms with Gasteiger partial charge < -0.3 is 0 Å². The van der Waals surface area contributed by atoms with E-state index in [2.05, 4.69) is 43.2 Å². The molecule has 1 aliphatic rings. The second kappa shape index (κ2) is 4.48. The predicted octanol–water partition coefficient (Wildman–Crippen LogP) is 3.75. The van der Waals surface area contributed by atoms with Crippen LogP contribution in [0.4, 0.5) is 0 Å². The Morgan fingerprint density at radius 2 is 1.78 bits per heavy atom. The Bertz CT molecular complexity index is 406. The molecular formula is C13H23ClN4. The van der Waals surface area contributed by atoms with Crippen LogP contribution in [0.3, 0.4) is 0 Å². The molecule has 0 amide bonds. The van der Waals surface area contributed by atoms with Crippen LogP contribution >= 0.6 is 11.6 Å². The maximum atomic E-state index is 6.15. The number of aromatic nitrogens is 4. The highest BCUT2D eigenvalue weighted by atomic mass is 35.5. The lowest BCUT2D eigenvalue weighted by atomic mass is 9.63. The smallest absolute Gasteiger partial charge is 0.169 e. The summed E-state index contributed by atoms with van der Waals surface area (Å²) in [5.74, 6) is 0.787. The standard InChI is InChI=1S/C13H23ClN4/c1-9(14)11-15-16-17-18(11)10-6-12(2,3)8-13(4,5)7-10/h9-10H,6-8H2,1-5H3. The van der Waals surface area contributed by atoms with Crippen molar-refractivity contribution in [2.24, 2.45) is 10.8 Å². The third-order valence-electron chi connectivity index (χ3n) is 3.75. The summed E-state index contributed by atoms with van der Waals surface area (Å²) >= 11 is 6.15. The molecule has 1 aromatic heterocycles. The average Bonchev–Trinajstić information content (AvgIpc) is 2.59. The Labute approximate surface area is 114 Å². The molecule has 0 aromatic carbocycles. The zero-order chi connectivity index (χ0) is 13.6. The Hall–Kier alpha value is -0.640. The minimum atomic E-state index is -0.145. The Kier molecular flexibility index (Phi) is 3.43. The number of hydrogen-bond acceptors (Lipinski definition) is 3. The molecule has 0 N–H and O–H groups in total. The van der Waals surface area contributed by atoms with Crippen molar-refractivity contribution in [3.63, 3.8) is 0 Å². The van der Waals surface area contributed by atoms with Gasteiger partial charge >= 0.3 is 0 Å². The molecule has 4 nitrogen and oxygen atoms in total. The number of hydrogen-bond donors (Lipinski definition) is 0. The summed E-state index contributed by atoms with van der Waals surface area (Å²) in [5.41, 5.74) is 0.649. The fourth-order valence-electron chi connectivity index (χ4n) is 3.68. The Balaban J connectivity index is 2.30. The molecule has 1 aromatic rings. The van der Waals surface area contributed by atoms with Gasteiger partial charge in [-0.3, -0.25) is 0 Å². The minimum Gasteiger partial charge on any atom is -0.225 e. The van der Waals surface area contributed by atoms with Gasteiger partial charge in [-0.25, -0.2) is 4.68 Å². The molecule has 0 saturated heterocycles. The van der Waals surface area contributed by atoms with Crippen molar-refractivity contribution in [2.45, 2.75) is 65.3 Å². The first-order valence-electron chi connectivity index (χ1n) is 6.62. The highest BCUT2D eigenvalue weighted by Crippen LogP contribution is 2.50. The number of rotatable bonds is 2. The van der Waals surface area contributed by atoms with Crippen LogP contribution in [0, 0.1) is 10.8 Å². The van der Waals surface area contributed by atoms with E-state index in [-0.39, 0.29) is 5.38 Å². The van der Waals surface area contributed by atoms with Gasteiger partial charge in [-0.2, -0.15) is 0 Å². The summed E-state index contributed by atoms with van der Waals surface area (Å²) in [7, 11) is 0. The van der Waals surface area contributed by atoms with Crippen molar-refractivity contribution < 1.29 is 0 Å². The van der Waals surface area contributed by atoms with Crippen molar-refractivity contribution in [1.29, 1.82) is 0 Å². The average molecular weight is 271 g/mol. The van der Waals surface area contributed by atoms with Gasteiger partial charge in [0.1, 0.15) is 0 Å². The molecule has 1 aliphatic carbocycles. The van der Waals surface area contributed by atoms with Crippen molar-refractivity contribution in [3.8, 4) is 0 Å². The van der Waals surface area contributed by atoms with E-state index in [9.17, 15) is 0 Å². The lowest BCUT2D eigenvalue weighted by molar-refractivity contribution is 0.0652. The van der Waals surface area contributed by atoms with E-state index in [0.29, 0.717) is 16.9 Å². The molecule has 0 aliphatic heterocycles. The molecule has 1 heterocycles. The normalized spacial score (nSPS) is 25.0. The van der Waals surface area contributed by atoms with Gasteiger partial charge in [-0.15, -0.1) is 16.7 Å². The van der Waals surface area contributed by atoms with Crippen molar-refractivity contribution in [2.75, 3.05) is 0 Å². The number of nitrogens with zero attached hydrogens (tertiary/aromatic N) is 4. The van der Waals surface area contributed by atoms with E-state index in [4.69, 9.17) is 11.6 Å². The minimum absolute atomic E-state index is 0.145. The first-order valence-corrected chi connectivity index (χ1v) is 7.06. The second-order valence-electron chi connectivity index (χ2n) is 7.16. The van der Waals surface area contributed by atoms with E-state index in [1.807, 2.05) is 11.6 Å². The molecule has 18 heavy (non-hydrogen) atoms. The number of tetrazole rings is 1. The first-order chi connectivity index (χ1) is 8.20. The third-order valence-corrected chi connectivity index (χ3v) is 3.95. The van der Waals surface area contributed by atoms with Crippen LogP contribution in [0.5, 0.6) is 0 Å². The molecule has 1 atom stereocenters. The largest absolute Gasteiger partial charge is 0.225 e. The lowest BCUT2D eigenvalue weighted by Crippen LogP contribution is -2.36. The molecule has 1 fully saturated rings. The lowest BCUT2D eigenvalue weighted by Gasteiger charge is -2.44. The summed E-state index contributed by atoms with van der Waals surface area (Å²) in [5, 5.41) is 11.9. The van der Waals surface area contributed by atoms with Gasteiger partial charge in [-0.1, -0.05) is 27.7 Å². The highest BCUT2D eigenvalue weighted by Gasteiger charge is 2.40. The first kappa shape index (κ1) is 13.8. The van der Waals surface area contributed by atoms with Crippen LogP contribution in [-0.2, 0) is 0 Å². The molecule has 5 heteroatoms. The maximum Gasteiger partial charge on any atom is 0.169 e. The summed E-state index contributed by atoms with van der Waals surface area (Å²) < 4.78 is 1.94. The van der Waals surface area contributed by atoms with Crippen LogP contribution in [0.25, 0.3) is 0 Å². The van der Waals surface area contributed by atoms with Crippen LogP contribution in [0.15, 0.2) is 0 Å². The van der Waals surface area contributed by atoms with Gasteiger partial charge in [0.25, 0.3) is 0 Å². The molecule has 1 saturated carbocycles. The van der Waals surface area contributed by atoms with E-state index in [0.717, 1.165) is 18.7 Å². The highest BCUT2D eigenvalue weighted by molar-refractivity contribution is 6.20. The van der Waals surface area contributed by atoms with Crippen LogP contribution in [-0.4, -0.2) is 20.2 Å². The molecule has 0 radical (unpaired) electrons. The van der Waals surface area contributed by atoms with E-state index >= 15 is 0 Å². The van der Waals surface area contributed by atoms with Gasteiger partial charge in [0.15, 0.2) is 5.82 Å². The van der Waals surface area contributed by atoms with Crippen LogP contribution < -0.4 is 0 Å². The van der Waals surface area contributed by atoms with Crippen molar-refractivity contribution >= 4 is 11.6 Å². The fourth-order valence-corrected chi connectivity index (χ4v) is 3.83. The number of alkyl halides is 1. The van der Waals surface area contributed by atoms with E-state index in [1.165, 1.54) is 6.42 Å². The van der Waals surface area contributed by atoms with Crippen LogP contribution in [0.1, 0.15) is 71.1 Å². The maximum absolute atomic E-state index is 6.15. The number of halogens is 1. The molecule has 2 rings (SSSR count). The molecule has 102 valence electrons. The van der Waals surface area contributed by atoms with Gasteiger partial charge in [0, 0.05) is 0 Å². The fraction of sp³-hybridized carbons (Fsp3) is 0.923. The third kappa shape index (κ3) is 2.85. The molecule has 0 spiro atoms. The second-order valence-corrected chi connectivity index (χ2v) is 7.82. The summed E-state index contributed by atoms with van der Waals surface area (Å²) in [4.78, 5) is 0. The summed E-state index contributed by atoms with van der Waals surface area (Å²) in [6, 6.07) is 0.356. The Morgan fingerprint density at radius 1 is 1.22 bits per heavy atom. The summed E-state index contributed by atoms with van der Waals surface area (Å²) in [6.07, 6.45) is 3.46. The van der Waals surface area contributed by atoms with Crippen LogP contribution in [0.2, 0.25) is 0 Å². The Morgan fingerprint density at radius 3 is 2.28 bits per heavy atom. The summed E-state index contributed by atoms with van der Waals surface area (Å²) in [6.45, 7) is 11.2. The zero-order valence-electron chi connectivity index (χ0n) is 11.9. The predicted molar refractivity (Wildman–Crippen MR) is 72.5 cm³/mol. The van der Waals surface area contributed by atoms with E-state index in [1.54, 1.807) is 0 Å². The SMILES string of the molecule is CC(Cl)c1nnnn1C1CC(C)(C)CC(C)(C)C1. The van der Waals surface area contributed by atoms with Crippen molar-refractivity contribution in [3.05, 3.63) is 5.82 Å².